The zero-order valence-electron chi connectivity index (χ0n) is 13.0. The lowest BCUT2D eigenvalue weighted by Gasteiger charge is -2.34. The molecular weight excluding hydrogens is 260 g/mol. The Hall–Kier alpha value is -1.35. The second kappa shape index (κ2) is 6.61. The van der Waals surface area contributed by atoms with Crippen molar-refractivity contribution >= 4 is 11.6 Å². The van der Waals surface area contributed by atoms with Gasteiger partial charge in [0.15, 0.2) is 0 Å². The first kappa shape index (κ1) is 14.6. The second-order valence-electron chi connectivity index (χ2n) is 6.61. The molecule has 0 spiro atoms. The van der Waals surface area contributed by atoms with Crippen LogP contribution in [-0.4, -0.2) is 29.4 Å². The number of benzene rings is 1. The summed E-state index contributed by atoms with van der Waals surface area (Å²) in [5.41, 5.74) is 2.12. The highest BCUT2D eigenvalue weighted by Crippen LogP contribution is 2.33. The SMILES string of the molecule is Cc1ccc(NC(=O)CN(C2CCCCC2)C2CC2)cc1. The van der Waals surface area contributed by atoms with E-state index in [0.717, 1.165) is 5.69 Å². The third-order valence-corrected chi connectivity index (χ3v) is 4.72. The molecule has 0 atom stereocenters. The van der Waals surface area contributed by atoms with Crippen LogP contribution < -0.4 is 5.32 Å². The van der Waals surface area contributed by atoms with E-state index in [1.165, 1.54) is 50.5 Å². The van der Waals surface area contributed by atoms with E-state index in [9.17, 15) is 4.79 Å². The highest BCUT2D eigenvalue weighted by Gasteiger charge is 2.35. The van der Waals surface area contributed by atoms with E-state index < -0.39 is 0 Å². The van der Waals surface area contributed by atoms with Gasteiger partial charge in [-0.25, -0.2) is 0 Å². The summed E-state index contributed by atoms with van der Waals surface area (Å²) >= 11 is 0. The van der Waals surface area contributed by atoms with Crippen LogP contribution in [0.2, 0.25) is 0 Å². The smallest absolute Gasteiger partial charge is 0.238 e. The Morgan fingerprint density at radius 3 is 2.29 bits per heavy atom. The van der Waals surface area contributed by atoms with Gasteiger partial charge in [-0.2, -0.15) is 0 Å². The molecule has 0 radical (unpaired) electrons. The minimum Gasteiger partial charge on any atom is -0.325 e. The molecule has 0 aromatic heterocycles. The molecule has 0 aliphatic heterocycles. The number of rotatable bonds is 5. The fraction of sp³-hybridized carbons (Fsp3) is 0.611. The van der Waals surface area contributed by atoms with Crippen molar-refractivity contribution in [2.75, 3.05) is 11.9 Å². The van der Waals surface area contributed by atoms with Gasteiger partial charge in [-0.05, 0) is 44.7 Å². The standard InChI is InChI=1S/C18H26N2O/c1-14-7-9-15(10-8-14)19-18(21)13-20(17-11-12-17)16-5-3-2-4-6-16/h7-10,16-17H,2-6,11-13H2,1H3,(H,19,21). The molecule has 2 saturated carbocycles. The van der Waals surface area contributed by atoms with Crippen molar-refractivity contribution in [2.24, 2.45) is 0 Å². The predicted molar refractivity (Wildman–Crippen MR) is 86.4 cm³/mol. The van der Waals surface area contributed by atoms with Gasteiger partial charge in [0, 0.05) is 17.8 Å². The van der Waals surface area contributed by atoms with Gasteiger partial charge in [-0.1, -0.05) is 37.0 Å². The number of anilines is 1. The first-order valence-electron chi connectivity index (χ1n) is 8.34. The lowest BCUT2D eigenvalue weighted by Crippen LogP contribution is -2.43. The summed E-state index contributed by atoms with van der Waals surface area (Å²) in [7, 11) is 0. The Kier molecular flexibility index (Phi) is 4.59. The Morgan fingerprint density at radius 1 is 1.05 bits per heavy atom. The molecule has 3 nitrogen and oxygen atoms in total. The Balaban J connectivity index is 1.57. The monoisotopic (exact) mass is 286 g/mol. The van der Waals surface area contributed by atoms with E-state index in [4.69, 9.17) is 0 Å². The molecule has 3 rings (SSSR count). The number of nitrogens with one attached hydrogen (secondary N) is 1. The molecule has 114 valence electrons. The fourth-order valence-electron chi connectivity index (χ4n) is 3.38. The summed E-state index contributed by atoms with van der Waals surface area (Å²) in [5.74, 6) is 0.135. The molecule has 1 aromatic rings. The minimum atomic E-state index is 0.135. The van der Waals surface area contributed by atoms with Gasteiger partial charge in [0.2, 0.25) is 5.91 Å². The van der Waals surface area contributed by atoms with E-state index in [0.29, 0.717) is 18.6 Å². The topological polar surface area (TPSA) is 32.3 Å². The maximum absolute atomic E-state index is 12.3. The van der Waals surface area contributed by atoms with Crippen molar-refractivity contribution in [1.29, 1.82) is 0 Å². The van der Waals surface area contributed by atoms with Crippen LogP contribution in [0.25, 0.3) is 0 Å². The third-order valence-electron chi connectivity index (χ3n) is 4.72. The first-order valence-corrected chi connectivity index (χ1v) is 8.34. The molecule has 0 saturated heterocycles. The Labute approximate surface area is 127 Å². The number of hydrogen-bond acceptors (Lipinski definition) is 2. The molecule has 3 heteroatoms. The normalized spacial score (nSPS) is 19.7. The quantitative estimate of drug-likeness (QED) is 0.894. The lowest BCUT2D eigenvalue weighted by atomic mass is 9.94. The third kappa shape index (κ3) is 4.07. The largest absolute Gasteiger partial charge is 0.325 e. The van der Waals surface area contributed by atoms with Crippen molar-refractivity contribution in [3.05, 3.63) is 29.8 Å². The number of hydrogen-bond donors (Lipinski definition) is 1. The van der Waals surface area contributed by atoms with E-state index >= 15 is 0 Å². The van der Waals surface area contributed by atoms with Crippen molar-refractivity contribution < 1.29 is 4.79 Å². The van der Waals surface area contributed by atoms with Crippen LogP contribution in [0.1, 0.15) is 50.5 Å². The number of carbonyl (C=O) groups excluding carboxylic acids is 1. The summed E-state index contributed by atoms with van der Waals surface area (Å²) in [4.78, 5) is 14.8. The van der Waals surface area contributed by atoms with Crippen LogP contribution >= 0.6 is 0 Å². The Morgan fingerprint density at radius 2 is 1.67 bits per heavy atom. The number of aryl methyl sites for hydroxylation is 1. The van der Waals surface area contributed by atoms with Gasteiger partial charge in [0.1, 0.15) is 0 Å². The molecule has 0 heterocycles. The van der Waals surface area contributed by atoms with E-state index in [2.05, 4.69) is 17.1 Å². The van der Waals surface area contributed by atoms with Crippen molar-refractivity contribution in [3.8, 4) is 0 Å². The molecular formula is C18H26N2O. The molecule has 1 amide bonds. The first-order chi connectivity index (χ1) is 10.2. The van der Waals surface area contributed by atoms with Crippen LogP contribution in [0.15, 0.2) is 24.3 Å². The summed E-state index contributed by atoms with van der Waals surface area (Å²) < 4.78 is 0. The van der Waals surface area contributed by atoms with Gasteiger partial charge in [-0.3, -0.25) is 9.69 Å². The van der Waals surface area contributed by atoms with E-state index in [1.807, 2.05) is 24.3 Å². The Bertz CT molecular complexity index is 472. The maximum Gasteiger partial charge on any atom is 0.238 e. The molecule has 1 N–H and O–H groups in total. The maximum atomic E-state index is 12.3. The average molecular weight is 286 g/mol. The molecule has 2 fully saturated rings. The number of nitrogens with zero attached hydrogens (tertiary/aromatic N) is 1. The van der Waals surface area contributed by atoms with Gasteiger partial charge < -0.3 is 5.32 Å². The highest BCUT2D eigenvalue weighted by molar-refractivity contribution is 5.92. The molecule has 0 unspecified atom stereocenters. The lowest BCUT2D eigenvalue weighted by molar-refractivity contribution is -0.118. The molecule has 0 bridgehead atoms. The van der Waals surface area contributed by atoms with Crippen molar-refractivity contribution in [2.45, 2.75) is 64.0 Å². The van der Waals surface area contributed by atoms with Crippen LogP contribution in [0, 0.1) is 6.92 Å². The molecule has 2 aliphatic rings. The van der Waals surface area contributed by atoms with Crippen molar-refractivity contribution in [3.63, 3.8) is 0 Å². The summed E-state index contributed by atoms with van der Waals surface area (Å²) in [6.07, 6.45) is 9.11. The van der Waals surface area contributed by atoms with E-state index in [-0.39, 0.29) is 5.91 Å². The molecule has 21 heavy (non-hydrogen) atoms. The van der Waals surface area contributed by atoms with Crippen LogP contribution in [0.4, 0.5) is 5.69 Å². The summed E-state index contributed by atoms with van der Waals surface area (Å²) in [5, 5.41) is 3.04. The van der Waals surface area contributed by atoms with Crippen LogP contribution in [0.3, 0.4) is 0 Å². The number of amides is 1. The van der Waals surface area contributed by atoms with Gasteiger partial charge in [0.05, 0.1) is 6.54 Å². The summed E-state index contributed by atoms with van der Waals surface area (Å²) in [6, 6.07) is 9.34. The van der Waals surface area contributed by atoms with Crippen molar-refractivity contribution in [1.82, 2.24) is 4.90 Å². The van der Waals surface area contributed by atoms with Gasteiger partial charge >= 0.3 is 0 Å². The minimum absolute atomic E-state index is 0.135. The predicted octanol–water partition coefficient (Wildman–Crippen LogP) is 3.73. The zero-order chi connectivity index (χ0) is 14.7. The fourth-order valence-corrected chi connectivity index (χ4v) is 3.38. The number of carbonyl (C=O) groups is 1. The van der Waals surface area contributed by atoms with Gasteiger partial charge in [0.25, 0.3) is 0 Å². The zero-order valence-corrected chi connectivity index (χ0v) is 13.0. The molecule has 2 aliphatic carbocycles. The summed E-state index contributed by atoms with van der Waals surface area (Å²) in [6.45, 7) is 2.62. The second-order valence-corrected chi connectivity index (χ2v) is 6.61. The van der Waals surface area contributed by atoms with Crippen LogP contribution in [0.5, 0.6) is 0 Å². The van der Waals surface area contributed by atoms with E-state index in [1.54, 1.807) is 0 Å². The average Bonchev–Trinajstić information content (AvgIpc) is 3.33. The van der Waals surface area contributed by atoms with Gasteiger partial charge in [-0.15, -0.1) is 0 Å². The van der Waals surface area contributed by atoms with Crippen LogP contribution in [-0.2, 0) is 4.79 Å². The highest BCUT2D eigenvalue weighted by atomic mass is 16.2. The molecule has 1 aromatic carbocycles.